The minimum absolute atomic E-state index is 1.31. The van der Waals surface area contributed by atoms with Crippen molar-refractivity contribution in [3.05, 3.63) is 170 Å². The average molecular weight is 469 g/mol. The Hall–Kier alpha value is -3.99. The molecule has 6 rings (SSSR count). The van der Waals surface area contributed by atoms with E-state index in [1.54, 1.807) is 0 Å². The van der Waals surface area contributed by atoms with Crippen molar-refractivity contribution in [2.75, 3.05) is 0 Å². The Balaban J connectivity index is 0.000000211. The molecule has 0 bridgehead atoms. The van der Waals surface area contributed by atoms with Crippen LogP contribution in [0, 0.1) is 0 Å². The van der Waals surface area contributed by atoms with E-state index in [0.29, 0.717) is 0 Å². The van der Waals surface area contributed by atoms with Gasteiger partial charge in [-0.25, -0.2) is 0 Å². The molecule has 0 aliphatic rings. The van der Waals surface area contributed by atoms with Crippen LogP contribution in [-0.2, 0) is 0 Å². The molecule has 0 saturated carbocycles. The molecule has 0 unspecified atom stereocenters. The standard InChI is InChI=1S/C24H21P.C10H8/c1-5-13-21(14-6-1)25(22-15-7-2-8-16-22,23-17-9-3-10-18-23)24-19-11-4-12-20-24;1-2-6-10-8-4-3-7-9(10)5-1/h1-20,25H;1-8H. The normalized spacial score (nSPS) is 11.3. The summed E-state index contributed by atoms with van der Waals surface area (Å²) in [5.74, 6) is 0. The van der Waals surface area contributed by atoms with Crippen LogP contribution in [0.2, 0.25) is 0 Å². The monoisotopic (exact) mass is 468 g/mol. The van der Waals surface area contributed by atoms with Gasteiger partial charge in [0.05, 0.1) is 0 Å². The molecule has 0 aliphatic carbocycles. The van der Waals surface area contributed by atoms with Crippen LogP contribution >= 0.6 is 7.26 Å². The molecule has 6 aromatic carbocycles. The van der Waals surface area contributed by atoms with E-state index in [1.807, 2.05) is 0 Å². The number of benzene rings is 6. The fraction of sp³-hybridized carbons (Fsp3) is 0. The maximum absolute atomic E-state index is 2.30. The van der Waals surface area contributed by atoms with Crippen molar-refractivity contribution in [1.82, 2.24) is 0 Å². The molecule has 0 aliphatic heterocycles. The van der Waals surface area contributed by atoms with Crippen LogP contribution in [0.1, 0.15) is 0 Å². The Morgan fingerprint density at radius 1 is 0.229 bits per heavy atom. The summed E-state index contributed by atoms with van der Waals surface area (Å²) in [5, 5.41) is 8.28. The van der Waals surface area contributed by atoms with Gasteiger partial charge >= 0.3 is 150 Å². The second kappa shape index (κ2) is 11.0. The molecular formula is C34H29P. The SMILES string of the molecule is c1ccc([PH](c2ccccc2)(c2ccccc2)c2ccccc2)cc1.c1ccc2ccccc2c1. The zero-order valence-electron chi connectivity index (χ0n) is 19.7. The Kier molecular flexibility index (Phi) is 7.13. The van der Waals surface area contributed by atoms with Crippen LogP contribution < -0.4 is 21.2 Å². The van der Waals surface area contributed by atoms with Crippen LogP contribution in [0.15, 0.2) is 170 Å². The number of hydrogen-bond donors (Lipinski definition) is 0. The predicted molar refractivity (Wildman–Crippen MR) is 157 cm³/mol. The maximum atomic E-state index is 2.29. The van der Waals surface area contributed by atoms with Crippen LogP contribution in [-0.4, -0.2) is 0 Å². The van der Waals surface area contributed by atoms with Crippen LogP contribution in [0.4, 0.5) is 0 Å². The van der Waals surface area contributed by atoms with Gasteiger partial charge in [-0.1, -0.05) is 48.5 Å². The van der Waals surface area contributed by atoms with Gasteiger partial charge in [0.25, 0.3) is 0 Å². The molecule has 1 heteroatoms. The fourth-order valence-electron chi connectivity index (χ4n) is 4.89. The first kappa shape index (κ1) is 22.8. The molecule has 0 atom stereocenters. The molecule has 170 valence electrons. The summed E-state index contributed by atoms with van der Waals surface area (Å²) in [5.41, 5.74) is 0. The molecule has 0 saturated heterocycles. The van der Waals surface area contributed by atoms with Gasteiger partial charge in [0.1, 0.15) is 0 Å². The van der Waals surface area contributed by atoms with E-state index in [1.165, 1.54) is 32.0 Å². The van der Waals surface area contributed by atoms with Gasteiger partial charge in [0.15, 0.2) is 0 Å². The maximum Gasteiger partial charge on any atom is -0.0184 e. The van der Waals surface area contributed by atoms with Gasteiger partial charge in [-0.15, -0.1) is 0 Å². The van der Waals surface area contributed by atoms with Gasteiger partial charge in [-0.3, -0.25) is 0 Å². The van der Waals surface area contributed by atoms with E-state index in [-0.39, 0.29) is 0 Å². The zero-order chi connectivity index (χ0) is 23.8. The summed E-state index contributed by atoms with van der Waals surface area (Å²) in [6, 6.07) is 60.7. The van der Waals surface area contributed by atoms with Crippen LogP contribution in [0.25, 0.3) is 10.8 Å². The molecule has 0 radical (unpaired) electrons. The smallest absolute Gasteiger partial charge is 0.0184 e. The first-order chi connectivity index (χ1) is 17.4. The molecule has 0 nitrogen and oxygen atoms in total. The molecule has 35 heavy (non-hydrogen) atoms. The molecule has 0 heterocycles. The van der Waals surface area contributed by atoms with E-state index in [0.717, 1.165) is 0 Å². The van der Waals surface area contributed by atoms with Crippen molar-refractivity contribution in [3.63, 3.8) is 0 Å². The summed E-state index contributed by atoms with van der Waals surface area (Å²) in [6.07, 6.45) is 0. The largest absolute Gasteiger partial charge is 0.0616 e. The number of hydrogen-bond acceptors (Lipinski definition) is 0. The first-order valence-corrected chi connectivity index (χ1v) is 14.0. The van der Waals surface area contributed by atoms with Crippen molar-refractivity contribution in [2.45, 2.75) is 0 Å². The van der Waals surface area contributed by atoms with Crippen LogP contribution in [0.3, 0.4) is 0 Å². The third-order valence-electron chi connectivity index (χ3n) is 6.49. The minimum Gasteiger partial charge on any atom is -0.0616 e. The molecular weight excluding hydrogens is 439 g/mol. The molecule has 0 amide bonds. The van der Waals surface area contributed by atoms with E-state index in [2.05, 4.69) is 170 Å². The van der Waals surface area contributed by atoms with Crippen molar-refractivity contribution < 1.29 is 0 Å². The molecule has 0 fully saturated rings. The zero-order valence-corrected chi connectivity index (χ0v) is 20.7. The Bertz CT molecular complexity index is 1230. The van der Waals surface area contributed by atoms with E-state index < -0.39 is 7.26 Å². The van der Waals surface area contributed by atoms with Gasteiger partial charge in [0.2, 0.25) is 0 Å². The third-order valence-corrected chi connectivity index (χ3v) is 11.3. The van der Waals surface area contributed by atoms with Gasteiger partial charge in [0, 0.05) is 0 Å². The number of rotatable bonds is 4. The quantitative estimate of drug-likeness (QED) is 0.248. The second-order valence-electron chi connectivity index (χ2n) is 8.56. The summed E-state index contributed by atoms with van der Waals surface area (Å²) in [7, 11) is -2.30. The van der Waals surface area contributed by atoms with E-state index in [9.17, 15) is 0 Å². The van der Waals surface area contributed by atoms with Crippen molar-refractivity contribution in [2.24, 2.45) is 0 Å². The van der Waals surface area contributed by atoms with Gasteiger partial charge < -0.3 is 0 Å². The van der Waals surface area contributed by atoms with Gasteiger partial charge in [-0.2, -0.15) is 0 Å². The van der Waals surface area contributed by atoms with Crippen molar-refractivity contribution >= 4 is 39.3 Å². The minimum atomic E-state index is -2.30. The van der Waals surface area contributed by atoms with E-state index in [4.69, 9.17) is 0 Å². The van der Waals surface area contributed by atoms with Crippen molar-refractivity contribution in [1.29, 1.82) is 0 Å². The Morgan fingerprint density at radius 2 is 0.429 bits per heavy atom. The Morgan fingerprint density at radius 3 is 0.657 bits per heavy atom. The fourth-order valence-corrected chi connectivity index (χ4v) is 9.66. The predicted octanol–water partition coefficient (Wildman–Crippen LogP) is 6.88. The van der Waals surface area contributed by atoms with Gasteiger partial charge in [-0.05, 0) is 10.8 Å². The molecule has 0 aromatic heterocycles. The summed E-state index contributed by atoms with van der Waals surface area (Å²) in [6.45, 7) is 0. The number of fused-ring (bicyclic) bond motifs is 1. The summed E-state index contributed by atoms with van der Waals surface area (Å²) in [4.78, 5) is 0. The molecule has 0 spiro atoms. The third kappa shape index (κ3) is 4.80. The summed E-state index contributed by atoms with van der Waals surface area (Å²) < 4.78 is 0. The van der Waals surface area contributed by atoms with Crippen molar-refractivity contribution in [3.8, 4) is 0 Å². The first-order valence-electron chi connectivity index (χ1n) is 12.0. The average Bonchev–Trinajstić information content (AvgIpc) is 2.96. The summed E-state index contributed by atoms with van der Waals surface area (Å²) >= 11 is 0. The Labute approximate surface area is 208 Å². The van der Waals surface area contributed by atoms with E-state index >= 15 is 0 Å². The van der Waals surface area contributed by atoms with Crippen LogP contribution in [0.5, 0.6) is 0 Å². The topological polar surface area (TPSA) is 0 Å². The molecule has 0 N–H and O–H groups in total. The molecule has 6 aromatic rings. The second-order valence-corrected chi connectivity index (χ2v) is 12.4.